The van der Waals surface area contributed by atoms with Gasteiger partial charge in [0.25, 0.3) is 0 Å². The van der Waals surface area contributed by atoms with E-state index in [1.807, 2.05) is 4.90 Å². The first-order valence-electron chi connectivity index (χ1n) is 6.98. The topological polar surface area (TPSA) is 44.1 Å². The number of halogens is 3. The molecule has 1 atom stereocenters. The summed E-state index contributed by atoms with van der Waals surface area (Å²) in [5, 5.41) is 8.46. The molecule has 1 heterocycles. The summed E-state index contributed by atoms with van der Waals surface area (Å²) in [5.41, 5.74) is -1.33. The molecule has 1 saturated heterocycles. The molecule has 1 aliphatic heterocycles. The van der Waals surface area contributed by atoms with Crippen LogP contribution in [0.3, 0.4) is 0 Å². The lowest BCUT2D eigenvalue weighted by Gasteiger charge is -2.16. The zero-order chi connectivity index (χ0) is 15.9. The molecule has 1 amide bonds. The standard InChI is InChI=1S/C15H13F3N2OS/c16-15(17,18)12-7-11(4-1-9(12)8-19)22-13-5-6-20(14(13)21)10-2-3-10/h1,4,7,10,13H,2-3,5-6H2/t13-/m1/s1. The van der Waals surface area contributed by atoms with E-state index in [9.17, 15) is 18.0 Å². The summed E-state index contributed by atoms with van der Waals surface area (Å²) >= 11 is 1.16. The molecule has 1 aromatic carbocycles. The Hall–Kier alpha value is -1.68. The van der Waals surface area contributed by atoms with E-state index in [-0.39, 0.29) is 11.2 Å². The summed E-state index contributed by atoms with van der Waals surface area (Å²) in [6.07, 6.45) is -1.86. The molecule has 2 aliphatic rings. The summed E-state index contributed by atoms with van der Waals surface area (Å²) in [7, 11) is 0. The third-order valence-electron chi connectivity index (χ3n) is 3.87. The Bertz CT molecular complexity index is 649. The Morgan fingerprint density at radius 1 is 1.27 bits per heavy atom. The Morgan fingerprint density at radius 2 is 2.00 bits per heavy atom. The summed E-state index contributed by atoms with van der Waals surface area (Å²) in [4.78, 5) is 14.4. The van der Waals surface area contributed by atoms with E-state index in [4.69, 9.17) is 5.26 Å². The highest BCUT2D eigenvalue weighted by atomic mass is 32.2. The number of likely N-dealkylation sites (tertiary alicyclic amines) is 1. The third-order valence-corrected chi connectivity index (χ3v) is 5.12. The predicted octanol–water partition coefficient (Wildman–Crippen LogP) is 3.43. The summed E-state index contributed by atoms with van der Waals surface area (Å²) in [6, 6.07) is 5.51. The molecular weight excluding hydrogens is 313 g/mol. The molecule has 0 radical (unpaired) electrons. The van der Waals surface area contributed by atoms with Gasteiger partial charge in [0.1, 0.15) is 0 Å². The van der Waals surface area contributed by atoms with E-state index in [0.717, 1.165) is 30.7 Å². The zero-order valence-corrected chi connectivity index (χ0v) is 12.4. The van der Waals surface area contributed by atoms with Crippen LogP contribution in [0.25, 0.3) is 0 Å². The summed E-state index contributed by atoms with van der Waals surface area (Å²) in [6.45, 7) is 0.684. The van der Waals surface area contributed by atoms with Crippen LogP contribution in [0.2, 0.25) is 0 Å². The lowest BCUT2D eigenvalue weighted by molar-refractivity contribution is -0.138. The molecule has 116 valence electrons. The molecule has 3 rings (SSSR count). The lowest BCUT2D eigenvalue weighted by Crippen LogP contribution is -2.30. The smallest absolute Gasteiger partial charge is 0.339 e. The van der Waals surface area contributed by atoms with Crippen LogP contribution in [0.1, 0.15) is 30.4 Å². The number of carbonyl (C=O) groups excluding carboxylic acids is 1. The molecule has 0 aromatic heterocycles. The average molecular weight is 326 g/mol. The highest BCUT2D eigenvalue weighted by molar-refractivity contribution is 8.00. The van der Waals surface area contributed by atoms with Crippen LogP contribution >= 0.6 is 11.8 Å². The van der Waals surface area contributed by atoms with E-state index in [0.29, 0.717) is 23.9 Å². The second-order valence-electron chi connectivity index (χ2n) is 5.47. The van der Waals surface area contributed by atoms with Crippen LogP contribution in [0.4, 0.5) is 13.2 Å². The third kappa shape index (κ3) is 2.93. The number of hydrogen-bond donors (Lipinski definition) is 0. The zero-order valence-electron chi connectivity index (χ0n) is 11.6. The fourth-order valence-corrected chi connectivity index (χ4v) is 3.75. The molecule has 3 nitrogen and oxygen atoms in total. The second kappa shape index (κ2) is 5.51. The van der Waals surface area contributed by atoms with Crippen molar-refractivity contribution in [2.24, 2.45) is 0 Å². The highest BCUT2D eigenvalue weighted by Crippen LogP contribution is 2.39. The van der Waals surface area contributed by atoms with Crippen molar-refractivity contribution in [3.8, 4) is 6.07 Å². The number of hydrogen-bond acceptors (Lipinski definition) is 3. The number of rotatable bonds is 3. The van der Waals surface area contributed by atoms with Crippen molar-refractivity contribution in [3.05, 3.63) is 29.3 Å². The van der Waals surface area contributed by atoms with Gasteiger partial charge in [0, 0.05) is 17.5 Å². The molecule has 0 bridgehead atoms. The molecule has 1 saturated carbocycles. The minimum Gasteiger partial charge on any atom is -0.339 e. The number of amides is 1. The number of alkyl halides is 3. The van der Waals surface area contributed by atoms with Crippen molar-refractivity contribution < 1.29 is 18.0 Å². The average Bonchev–Trinajstić information content (AvgIpc) is 3.24. The minimum atomic E-state index is -4.57. The van der Waals surface area contributed by atoms with Crippen molar-refractivity contribution in [2.45, 2.75) is 41.6 Å². The number of benzene rings is 1. The quantitative estimate of drug-likeness (QED) is 0.855. The maximum Gasteiger partial charge on any atom is 0.417 e. The van der Waals surface area contributed by atoms with Crippen LogP contribution in [0.5, 0.6) is 0 Å². The summed E-state index contributed by atoms with van der Waals surface area (Å²) in [5.74, 6) is 0.0189. The Labute approximate surface area is 130 Å². The predicted molar refractivity (Wildman–Crippen MR) is 75.2 cm³/mol. The number of nitriles is 1. The molecule has 1 aromatic rings. The molecule has 22 heavy (non-hydrogen) atoms. The lowest BCUT2D eigenvalue weighted by atomic mass is 10.1. The largest absolute Gasteiger partial charge is 0.417 e. The van der Waals surface area contributed by atoms with Crippen LogP contribution in [0.15, 0.2) is 23.1 Å². The van der Waals surface area contributed by atoms with E-state index in [1.54, 1.807) is 6.07 Å². The Balaban J connectivity index is 1.78. The summed E-state index contributed by atoms with van der Waals surface area (Å²) < 4.78 is 38.8. The van der Waals surface area contributed by atoms with E-state index < -0.39 is 17.3 Å². The van der Waals surface area contributed by atoms with Gasteiger partial charge in [-0.2, -0.15) is 18.4 Å². The molecule has 1 aliphatic carbocycles. The molecule has 0 unspecified atom stereocenters. The van der Waals surface area contributed by atoms with Crippen LogP contribution in [-0.4, -0.2) is 28.6 Å². The first kappa shape index (κ1) is 15.2. The van der Waals surface area contributed by atoms with Crippen LogP contribution in [0, 0.1) is 11.3 Å². The van der Waals surface area contributed by atoms with Gasteiger partial charge >= 0.3 is 6.18 Å². The molecule has 0 spiro atoms. The Kier molecular flexibility index (Phi) is 3.81. The van der Waals surface area contributed by atoms with Crippen molar-refractivity contribution in [1.29, 1.82) is 5.26 Å². The van der Waals surface area contributed by atoms with Gasteiger partial charge in [-0.25, -0.2) is 0 Å². The van der Waals surface area contributed by atoms with Gasteiger partial charge in [-0.15, -0.1) is 11.8 Å². The maximum atomic E-state index is 12.9. The normalized spacial score (nSPS) is 22.0. The fraction of sp³-hybridized carbons (Fsp3) is 0.467. The SMILES string of the molecule is N#Cc1ccc(S[C@@H]2CCN(C3CC3)C2=O)cc1C(F)(F)F. The number of thioether (sulfide) groups is 1. The molecule has 0 N–H and O–H groups in total. The first-order valence-corrected chi connectivity index (χ1v) is 7.86. The van der Waals surface area contributed by atoms with Crippen molar-refractivity contribution >= 4 is 17.7 Å². The van der Waals surface area contributed by atoms with Gasteiger partial charge in [0.05, 0.1) is 22.4 Å². The molecule has 7 heteroatoms. The van der Waals surface area contributed by atoms with Gasteiger partial charge in [0.15, 0.2) is 0 Å². The van der Waals surface area contributed by atoms with Crippen LogP contribution < -0.4 is 0 Å². The monoisotopic (exact) mass is 326 g/mol. The number of nitrogens with zero attached hydrogens (tertiary/aromatic N) is 2. The minimum absolute atomic E-state index is 0.0189. The van der Waals surface area contributed by atoms with Crippen molar-refractivity contribution in [1.82, 2.24) is 4.90 Å². The van der Waals surface area contributed by atoms with E-state index in [2.05, 4.69) is 0 Å². The first-order chi connectivity index (χ1) is 10.4. The maximum absolute atomic E-state index is 12.9. The van der Waals surface area contributed by atoms with E-state index >= 15 is 0 Å². The van der Waals surface area contributed by atoms with E-state index in [1.165, 1.54) is 12.1 Å². The van der Waals surface area contributed by atoms with Gasteiger partial charge in [0.2, 0.25) is 5.91 Å². The highest BCUT2D eigenvalue weighted by Gasteiger charge is 2.41. The fourth-order valence-electron chi connectivity index (χ4n) is 2.63. The van der Waals surface area contributed by atoms with Gasteiger partial charge in [-0.05, 0) is 37.5 Å². The molecule has 2 fully saturated rings. The van der Waals surface area contributed by atoms with Gasteiger partial charge < -0.3 is 4.90 Å². The number of carbonyl (C=O) groups is 1. The Morgan fingerprint density at radius 3 is 2.59 bits per heavy atom. The molecular formula is C15H13F3N2OS. The van der Waals surface area contributed by atoms with Gasteiger partial charge in [-0.1, -0.05) is 0 Å². The van der Waals surface area contributed by atoms with Crippen molar-refractivity contribution in [2.75, 3.05) is 6.54 Å². The van der Waals surface area contributed by atoms with Crippen LogP contribution in [-0.2, 0) is 11.0 Å². The van der Waals surface area contributed by atoms with Gasteiger partial charge in [-0.3, -0.25) is 4.79 Å². The van der Waals surface area contributed by atoms with Crippen molar-refractivity contribution in [3.63, 3.8) is 0 Å². The second-order valence-corrected chi connectivity index (χ2v) is 6.75.